The molecule has 0 aliphatic carbocycles. The van der Waals surface area contributed by atoms with Crippen LogP contribution < -0.4 is 10.5 Å². The predicted octanol–water partition coefficient (Wildman–Crippen LogP) is 3.75. The molecule has 1 aliphatic heterocycles. The molecule has 0 radical (unpaired) electrons. The molecule has 0 aromatic carbocycles. The topological polar surface area (TPSA) is 105 Å². The van der Waals surface area contributed by atoms with Crippen molar-refractivity contribution >= 4 is 5.91 Å². The third-order valence-electron chi connectivity index (χ3n) is 5.12. The fourth-order valence-corrected chi connectivity index (χ4v) is 3.66. The molecule has 0 saturated carbocycles. The number of alkyl halides is 2. The Hall–Kier alpha value is -3.40. The van der Waals surface area contributed by atoms with Gasteiger partial charge in [0.25, 0.3) is 12.3 Å². The quantitative estimate of drug-likeness (QED) is 0.640. The lowest BCUT2D eigenvalue weighted by Gasteiger charge is -2.22. The molecule has 1 amide bonds. The Kier molecular flexibility index (Phi) is 5.90. The zero-order valence-electron chi connectivity index (χ0n) is 16.8. The summed E-state index contributed by atoms with van der Waals surface area (Å²) in [6.07, 6.45) is 4.24. The van der Waals surface area contributed by atoms with Crippen LogP contribution in [-0.2, 0) is 4.74 Å². The van der Waals surface area contributed by atoms with E-state index in [0.717, 1.165) is 19.3 Å². The van der Waals surface area contributed by atoms with Crippen molar-refractivity contribution in [1.82, 2.24) is 19.7 Å². The molecular formula is C21H21F2N5O3. The molecule has 0 spiro atoms. The van der Waals surface area contributed by atoms with Crippen LogP contribution in [0.2, 0.25) is 0 Å². The Morgan fingerprint density at radius 2 is 2.13 bits per heavy atom. The molecule has 1 fully saturated rings. The molecule has 3 aromatic heterocycles. The van der Waals surface area contributed by atoms with Crippen LogP contribution in [0.5, 0.6) is 5.75 Å². The van der Waals surface area contributed by atoms with Crippen molar-refractivity contribution in [1.29, 1.82) is 0 Å². The van der Waals surface area contributed by atoms with Crippen molar-refractivity contribution < 1.29 is 23.0 Å². The first-order valence-electron chi connectivity index (χ1n) is 9.78. The molecule has 0 bridgehead atoms. The number of rotatable bonds is 6. The van der Waals surface area contributed by atoms with Crippen molar-refractivity contribution in [3.63, 3.8) is 0 Å². The maximum absolute atomic E-state index is 13.9. The Balaban J connectivity index is 1.87. The van der Waals surface area contributed by atoms with Gasteiger partial charge in [0.2, 0.25) is 0 Å². The number of pyridine rings is 2. The highest BCUT2D eigenvalue weighted by Crippen LogP contribution is 2.37. The number of aromatic nitrogens is 4. The summed E-state index contributed by atoms with van der Waals surface area (Å²) in [6, 6.07) is 4.75. The Labute approximate surface area is 177 Å². The average Bonchev–Trinajstić information content (AvgIpc) is 3.29. The Morgan fingerprint density at radius 3 is 2.81 bits per heavy atom. The van der Waals surface area contributed by atoms with Crippen molar-refractivity contribution in [2.75, 3.05) is 13.7 Å². The van der Waals surface area contributed by atoms with Crippen LogP contribution in [0, 0.1) is 0 Å². The van der Waals surface area contributed by atoms with Gasteiger partial charge >= 0.3 is 0 Å². The molecule has 8 nitrogen and oxygen atoms in total. The summed E-state index contributed by atoms with van der Waals surface area (Å²) in [5.41, 5.74) is 5.53. The number of ether oxygens (including phenoxy) is 2. The summed E-state index contributed by atoms with van der Waals surface area (Å²) in [7, 11) is 1.42. The van der Waals surface area contributed by atoms with Gasteiger partial charge in [-0.1, -0.05) is 0 Å². The summed E-state index contributed by atoms with van der Waals surface area (Å²) in [5.74, 6) is -0.701. The molecule has 162 valence electrons. The van der Waals surface area contributed by atoms with E-state index < -0.39 is 18.0 Å². The zero-order valence-corrected chi connectivity index (χ0v) is 16.8. The molecular weight excluding hydrogens is 408 g/mol. The van der Waals surface area contributed by atoms with E-state index >= 15 is 0 Å². The van der Waals surface area contributed by atoms with E-state index in [1.54, 1.807) is 23.0 Å². The van der Waals surface area contributed by atoms with E-state index in [-0.39, 0.29) is 23.0 Å². The van der Waals surface area contributed by atoms with Crippen LogP contribution in [-0.4, -0.2) is 39.4 Å². The normalized spacial score (nSPS) is 16.5. The molecule has 1 aliphatic rings. The summed E-state index contributed by atoms with van der Waals surface area (Å²) in [5, 5.41) is 4.48. The van der Waals surface area contributed by atoms with Crippen LogP contribution in [0.25, 0.3) is 22.5 Å². The molecule has 1 atom stereocenters. The van der Waals surface area contributed by atoms with Crippen molar-refractivity contribution in [3.8, 4) is 28.3 Å². The van der Waals surface area contributed by atoms with Gasteiger partial charge in [0.15, 0.2) is 0 Å². The van der Waals surface area contributed by atoms with Crippen molar-refractivity contribution in [2.24, 2.45) is 5.73 Å². The fourth-order valence-electron chi connectivity index (χ4n) is 3.66. The minimum atomic E-state index is -3.02. The standard InChI is InChI=1S/C21H21F2N5O3/c1-30-16-11-25-7-5-12(16)13-10-15(26-19(20(22)23)18(13)21(24)29)14-6-8-28(27-14)17-4-2-3-9-31-17/h5-8,10-11,17,20H,2-4,9H2,1H3,(H2,24,29). The first kappa shape index (κ1) is 20.9. The summed E-state index contributed by atoms with van der Waals surface area (Å²) in [6.45, 7) is 0.646. The van der Waals surface area contributed by atoms with Crippen LogP contribution >= 0.6 is 0 Å². The lowest BCUT2D eigenvalue weighted by Crippen LogP contribution is -2.19. The minimum absolute atomic E-state index is 0.176. The van der Waals surface area contributed by atoms with E-state index in [4.69, 9.17) is 15.2 Å². The number of hydrogen-bond acceptors (Lipinski definition) is 6. The van der Waals surface area contributed by atoms with Gasteiger partial charge in [-0.25, -0.2) is 18.4 Å². The van der Waals surface area contributed by atoms with Gasteiger partial charge in [0, 0.05) is 30.1 Å². The van der Waals surface area contributed by atoms with E-state index in [0.29, 0.717) is 23.6 Å². The van der Waals surface area contributed by atoms with Crippen LogP contribution in [0.3, 0.4) is 0 Å². The number of nitrogens with two attached hydrogens (primary N) is 1. The van der Waals surface area contributed by atoms with Gasteiger partial charge in [0.1, 0.15) is 23.4 Å². The monoisotopic (exact) mass is 429 g/mol. The number of amides is 1. The SMILES string of the molecule is COc1cnccc1-c1cc(-c2ccn(C3CCCCO3)n2)nc(C(F)F)c1C(N)=O. The molecule has 2 N–H and O–H groups in total. The molecule has 4 heterocycles. The van der Waals surface area contributed by atoms with Crippen molar-refractivity contribution in [2.45, 2.75) is 31.9 Å². The number of nitrogens with zero attached hydrogens (tertiary/aromatic N) is 4. The predicted molar refractivity (Wildman–Crippen MR) is 108 cm³/mol. The summed E-state index contributed by atoms with van der Waals surface area (Å²) in [4.78, 5) is 20.1. The van der Waals surface area contributed by atoms with Crippen molar-refractivity contribution in [3.05, 3.63) is 48.0 Å². The smallest absolute Gasteiger partial charge is 0.281 e. The number of hydrogen-bond donors (Lipinski definition) is 1. The van der Waals surface area contributed by atoms with Crippen LogP contribution in [0.1, 0.15) is 48.0 Å². The molecule has 10 heteroatoms. The second-order valence-electron chi connectivity index (χ2n) is 7.06. The van der Waals surface area contributed by atoms with Gasteiger partial charge in [-0.2, -0.15) is 5.10 Å². The van der Waals surface area contributed by atoms with Crippen LogP contribution in [0.15, 0.2) is 36.8 Å². The average molecular weight is 429 g/mol. The van der Waals surface area contributed by atoms with E-state index in [9.17, 15) is 13.6 Å². The van der Waals surface area contributed by atoms with Gasteiger partial charge in [-0.15, -0.1) is 0 Å². The number of carbonyl (C=O) groups is 1. The lowest BCUT2D eigenvalue weighted by atomic mass is 9.96. The second kappa shape index (κ2) is 8.76. The highest BCUT2D eigenvalue weighted by Gasteiger charge is 2.27. The molecule has 31 heavy (non-hydrogen) atoms. The highest BCUT2D eigenvalue weighted by molar-refractivity contribution is 6.02. The molecule has 3 aromatic rings. The Morgan fingerprint density at radius 1 is 1.29 bits per heavy atom. The number of primary amides is 1. The summed E-state index contributed by atoms with van der Waals surface area (Å²) >= 11 is 0. The Bertz CT molecular complexity index is 1100. The largest absolute Gasteiger partial charge is 0.494 e. The first-order chi connectivity index (χ1) is 15.0. The zero-order chi connectivity index (χ0) is 22.0. The van der Waals surface area contributed by atoms with Crippen LogP contribution in [0.4, 0.5) is 8.78 Å². The van der Waals surface area contributed by atoms with Gasteiger partial charge in [-0.3, -0.25) is 9.78 Å². The third kappa shape index (κ3) is 4.11. The van der Waals surface area contributed by atoms with Gasteiger partial charge in [-0.05, 0) is 37.5 Å². The maximum Gasteiger partial charge on any atom is 0.281 e. The number of halogens is 2. The van der Waals surface area contributed by atoms with Gasteiger partial charge < -0.3 is 15.2 Å². The molecule has 4 rings (SSSR count). The number of carbonyl (C=O) groups excluding carboxylic acids is 1. The lowest BCUT2D eigenvalue weighted by molar-refractivity contribution is -0.0393. The summed E-state index contributed by atoms with van der Waals surface area (Å²) < 4.78 is 40.5. The molecule has 1 unspecified atom stereocenters. The third-order valence-corrected chi connectivity index (χ3v) is 5.12. The highest BCUT2D eigenvalue weighted by atomic mass is 19.3. The first-order valence-corrected chi connectivity index (χ1v) is 9.78. The van der Waals surface area contributed by atoms with E-state index in [1.807, 2.05) is 0 Å². The number of methoxy groups -OCH3 is 1. The second-order valence-corrected chi connectivity index (χ2v) is 7.06. The fraction of sp³-hybridized carbons (Fsp3) is 0.333. The van der Waals surface area contributed by atoms with E-state index in [1.165, 1.54) is 25.6 Å². The maximum atomic E-state index is 13.9. The van der Waals surface area contributed by atoms with Gasteiger partial charge in [0.05, 0.1) is 24.6 Å². The van der Waals surface area contributed by atoms with E-state index in [2.05, 4.69) is 15.1 Å². The minimum Gasteiger partial charge on any atom is -0.494 e. The molecule has 1 saturated heterocycles.